The third kappa shape index (κ3) is 7.88. The molecule has 0 saturated carbocycles. The van der Waals surface area contributed by atoms with Crippen LogP contribution in [0.15, 0.2) is 117 Å². The Labute approximate surface area is 337 Å². The number of aryl methyl sites for hydroxylation is 1. The highest BCUT2D eigenvalue weighted by atomic mass is 19.2. The number of fused-ring (bicyclic) bond motifs is 1. The van der Waals surface area contributed by atoms with E-state index in [-0.39, 0.29) is 41.8 Å². The van der Waals surface area contributed by atoms with Crippen LogP contribution in [0.1, 0.15) is 90.6 Å². The molecule has 1 aromatic heterocycles. The molecule has 0 bridgehead atoms. The van der Waals surface area contributed by atoms with Gasteiger partial charge in [0.2, 0.25) is 5.91 Å². The van der Waals surface area contributed by atoms with Gasteiger partial charge in [-0.1, -0.05) is 63.2 Å². The van der Waals surface area contributed by atoms with E-state index >= 15 is 8.63 Å². The third-order valence-electron chi connectivity index (χ3n) is 11.1. The fourth-order valence-corrected chi connectivity index (χ4v) is 8.07. The summed E-state index contributed by atoms with van der Waals surface area (Å²) in [5, 5.41) is 3.40. The van der Waals surface area contributed by atoms with Crippen LogP contribution in [0.4, 0.5) is 19.1 Å². The molecular formula is C46H46BF2N3O6. The zero-order chi connectivity index (χ0) is 42.2. The van der Waals surface area contributed by atoms with Crippen molar-refractivity contribution in [1.29, 1.82) is 0 Å². The van der Waals surface area contributed by atoms with Crippen LogP contribution in [0.25, 0.3) is 16.5 Å². The topological polar surface area (TPSA) is 116 Å². The SMILES string of the molecule is CCC1=C(C)/C(=C(\c2ccccc2)c2c(C)c3ccc(OC(=O)OCc4ccc(NC(=O)CC(C)(C)C5=C(C)C(=O)C(C)=C(C)C5=O)cc4)cc3n2B(F)F)N=C1C. The number of hydrogen-bond acceptors (Lipinski definition) is 7. The van der Waals surface area contributed by atoms with Crippen LogP contribution < -0.4 is 10.1 Å². The van der Waals surface area contributed by atoms with Gasteiger partial charge in [0.15, 0.2) is 11.6 Å². The number of aromatic nitrogens is 1. The fourth-order valence-electron chi connectivity index (χ4n) is 8.07. The minimum absolute atomic E-state index is 0.0315. The number of amides is 1. The monoisotopic (exact) mass is 785 g/mol. The van der Waals surface area contributed by atoms with Crippen LogP contribution >= 0.6 is 0 Å². The molecule has 6 rings (SSSR count). The number of ether oxygens (including phenoxy) is 2. The number of hydrogen-bond donors (Lipinski definition) is 1. The fraction of sp³-hybridized carbons (Fsp3) is 0.283. The number of anilines is 1. The van der Waals surface area contributed by atoms with E-state index in [9.17, 15) is 19.2 Å². The van der Waals surface area contributed by atoms with Crippen LogP contribution in [0, 0.1) is 12.3 Å². The molecule has 0 spiro atoms. The molecule has 4 aromatic rings. The van der Waals surface area contributed by atoms with Crippen molar-refractivity contribution in [3.8, 4) is 5.75 Å². The van der Waals surface area contributed by atoms with E-state index in [0.29, 0.717) is 61.5 Å². The number of ketones is 2. The van der Waals surface area contributed by atoms with Gasteiger partial charge in [0.25, 0.3) is 0 Å². The molecule has 0 unspecified atom stereocenters. The first-order valence-electron chi connectivity index (χ1n) is 19.1. The van der Waals surface area contributed by atoms with E-state index in [4.69, 9.17) is 14.5 Å². The zero-order valence-corrected chi connectivity index (χ0v) is 34.2. The largest absolute Gasteiger partial charge is 0.678 e. The van der Waals surface area contributed by atoms with Gasteiger partial charge in [-0.2, -0.15) is 0 Å². The second-order valence-corrected chi connectivity index (χ2v) is 15.4. The first-order chi connectivity index (χ1) is 27.4. The number of allylic oxidation sites excluding steroid dienone is 6. The van der Waals surface area contributed by atoms with Gasteiger partial charge >= 0.3 is 13.6 Å². The summed E-state index contributed by atoms with van der Waals surface area (Å²) in [5.41, 5.74) is 7.73. The summed E-state index contributed by atoms with van der Waals surface area (Å²) in [6, 6.07) is 20.6. The summed E-state index contributed by atoms with van der Waals surface area (Å²) in [4.78, 5) is 56.6. The highest BCUT2D eigenvalue weighted by molar-refractivity contribution is 6.43. The second-order valence-electron chi connectivity index (χ2n) is 15.4. The molecule has 9 nitrogen and oxygen atoms in total. The second kappa shape index (κ2) is 16.4. The van der Waals surface area contributed by atoms with E-state index in [1.165, 1.54) is 6.07 Å². The number of nitrogens with zero attached hydrogens (tertiary/aromatic N) is 2. The molecule has 58 heavy (non-hydrogen) atoms. The molecule has 1 N–H and O–H groups in total. The highest BCUT2D eigenvalue weighted by Gasteiger charge is 2.38. The van der Waals surface area contributed by atoms with Crippen LogP contribution in [-0.4, -0.2) is 41.2 Å². The first-order valence-corrected chi connectivity index (χ1v) is 19.1. The molecule has 0 atom stereocenters. The lowest BCUT2D eigenvalue weighted by molar-refractivity contribution is -0.119. The van der Waals surface area contributed by atoms with Crippen LogP contribution in [0.2, 0.25) is 0 Å². The lowest BCUT2D eigenvalue weighted by Crippen LogP contribution is -2.33. The smallest absolute Gasteiger partial charge is 0.429 e. The summed E-state index contributed by atoms with van der Waals surface area (Å²) in [7, 11) is -2.92. The average molecular weight is 786 g/mol. The molecule has 2 aliphatic rings. The van der Waals surface area contributed by atoms with Crippen LogP contribution in [0.3, 0.4) is 0 Å². The van der Waals surface area contributed by atoms with Gasteiger partial charge < -0.3 is 19.3 Å². The van der Waals surface area contributed by atoms with E-state index in [0.717, 1.165) is 33.3 Å². The van der Waals surface area contributed by atoms with Crippen molar-refractivity contribution in [3.05, 3.63) is 134 Å². The highest BCUT2D eigenvalue weighted by Crippen LogP contribution is 2.42. The van der Waals surface area contributed by atoms with Gasteiger partial charge in [-0.25, -0.2) is 4.79 Å². The Morgan fingerprint density at radius 3 is 2.12 bits per heavy atom. The van der Waals surface area contributed by atoms with E-state index in [1.807, 2.05) is 51.1 Å². The summed E-state index contributed by atoms with van der Waals surface area (Å²) in [6.07, 6.45) is -0.300. The minimum atomic E-state index is -2.92. The molecule has 0 fully saturated rings. The summed E-state index contributed by atoms with van der Waals surface area (Å²) >= 11 is 0. The average Bonchev–Trinajstić information content (AvgIpc) is 3.63. The van der Waals surface area contributed by atoms with Crippen molar-refractivity contribution in [2.75, 3.05) is 5.32 Å². The zero-order valence-electron chi connectivity index (χ0n) is 34.2. The lowest BCUT2D eigenvalue weighted by atomic mass is 9.71. The van der Waals surface area contributed by atoms with Crippen molar-refractivity contribution in [2.45, 2.75) is 81.8 Å². The number of aliphatic imine (C=N–C) groups is 1. The minimum Gasteiger partial charge on any atom is -0.429 e. The Morgan fingerprint density at radius 2 is 1.50 bits per heavy atom. The van der Waals surface area contributed by atoms with Gasteiger partial charge in [0.05, 0.1) is 5.70 Å². The van der Waals surface area contributed by atoms with Gasteiger partial charge in [-0.05, 0) is 100 Å². The van der Waals surface area contributed by atoms with Crippen LogP contribution in [0.5, 0.6) is 5.75 Å². The maximum Gasteiger partial charge on any atom is 0.678 e. The van der Waals surface area contributed by atoms with Gasteiger partial charge in [-0.3, -0.25) is 28.0 Å². The number of benzene rings is 3. The standard InChI is InChI=1S/C46H46BF2N3O6/c1-10-35-27(4)41(50-30(35)7)39(32-14-12-11-13-15-32)42-28(5)36-21-20-34(22-37(36)52(42)47(48)49)58-45(56)57-24-31-16-18-33(19-17-31)51-38(53)23-46(8,9)40-29(6)43(54)25(2)26(3)44(40)55/h11-22H,10,23-24H2,1-9H3,(H,51,53)/b41-39-. The molecule has 0 radical (unpaired) electrons. The molecule has 1 aliphatic carbocycles. The van der Waals surface area contributed by atoms with Crippen LogP contribution in [-0.2, 0) is 25.7 Å². The van der Waals surface area contributed by atoms with Crippen molar-refractivity contribution >= 4 is 58.9 Å². The molecule has 12 heteroatoms. The summed E-state index contributed by atoms with van der Waals surface area (Å²) < 4.78 is 42.1. The van der Waals surface area contributed by atoms with Crippen molar-refractivity contribution in [3.63, 3.8) is 0 Å². The Balaban J connectivity index is 1.16. The normalized spacial score (nSPS) is 15.7. The molecule has 3 aromatic carbocycles. The van der Waals surface area contributed by atoms with E-state index in [2.05, 4.69) is 5.32 Å². The van der Waals surface area contributed by atoms with Gasteiger partial charge in [0.1, 0.15) is 12.4 Å². The Hall–Kier alpha value is -6.17. The lowest BCUT2D eigenvalue weighted by Gasteiger charge is -2.31. The van der Waals surface area contributed by atoms with E-state index in [1.54, 1.807) is 77.9 Å². The number of Topliss-reactive ketones (excluding diaryl/α,β-unsaturated/α-hetero) is 2. The first kappa shape index (κ1) is 41.5. The molecule has 298 valence electrons. The summed E-state index contributed by atoms with van der Waals surface area (Å²) in [6.45, 7) is 16.0. The Kier molecular flexibility index (Phi) is 11.7. The van der Waals surface area contributed by atoms with E-state index < -0.39 is 19.0 Å². The molecule has 0 saturated heterocycles. The van der Waals surface area contributed by atoms with Gasteiger partial charge in [0, 0.05) is 73.8 Å². The molecule has 1 amide bonds. The molecular weight excluding hydrogens is 739 g/mol. The molecule has 2 heterocycles. The third-order valence-corrected chi connectivity index (χ3v) is 11.1. The van der Waals surface area contributed by atoms with Crippen molar-refractivity contribution in [2.24, 2.45) is 10.4 Å². The number of carbonyl (C=O) groups is 4. The Bertz CT molecular complexity index is 2540. The number of carbonyl (C=O) groups excluding carboxylic acids is 4. The maximum atomic E-state index is 15.2. The Morgan fingerprint density at radius 1 is 0.845 bits per heavy atom. The van der Waals surface area contributed by atoms with Gasteiger partial charge in [-0.15, -0.1) is 0 Å². The quantitative estimate of drug-likeness (QED) is 0.0700. The molecule has 1 aliphatic heterocycles. The summed E-state index contributed by atoms with van der Waals surface area (Å²) in [5.74, 6) is -0.725. The number of rotatable bonds is 11. The number of nitrogens with one attached hydrogen (secondary N) is 1. The van der Waals surface area contributed by atoms with Crippen molar-refractivity contribution in [1.82, 2.24) is 4.48 Å². The predicted octanol–water partition coefficient (Wildman–Crippen LogP) is 10.6. The number of halogens is 2. The maximum absolute atomic E-state index is 15.2. The van der Waals surface area contributed by atoms with Crippen molar-refractivity contribution < 1.29 is 37.3 Å². The predicted molar refractivity (Wildman–Crippen MR) is 224 cm³/mol.